The van der Waals surface area contributed by atoms with Crippen LogP contribution >= 0.6 is 0 Å². The topological polar surface area (TPSA) is 43.4 Å². The van der Waals surface area contributed by atoms with E-state index in [2.05, 4.69) is 0 Å². The molecule has 2 aliphatic rings. The van der Waals surface area contributed by atoms with Gasteiger partial charge in [0, 0.05) is 0 Å². The predicted octanol–water partition coefficient (Wildman–Crippen LogP) is 4.05. The second-order valence-corrected chi connectivity index (χ2v) is 7.09. The van der Waals surface area contributed by atoms with Gasteiger partial charge >= 0.3 is 0 Å². The van der Waals surface area contributed by atoms with Crippen LogP contribution in [0, 0.1) is 6.92 Å². The van der Waals surface area contributed by atoms with Gasteiger partial charge < -0.3 is 0 Å². The summed E-state index contributed by atoms with van der Waals surface area (Å²) in [6, 6.07) is 20.7. The van der Waals surface area contributed by atoms with Crippen LogP contribution in [0.1, 0.15) is 11.1 Å². The molecule has 0 N–H and O–H groups in total. The summed E-state index contributed by atoms with van der Waals surface area (Å²) >= 11 is 0. The quantitative estimate of drug-likeness (QED) is 0.664. The number of hydrogen-bond donors (Lipinski definition) is 0. The number of hydrogen-bond acceptors (Lipinski definition) is 3. The van der Waals surface area contributed by atoms with E-state index in [1.807, 2.05) is 49.4 Å². The number of rotatable bonds is 5. The zero-order valence-corrected chi connectivity index (χ0v) is 13.7. The van der Waals surface area contributed by atoms with E-state index >= 15 is 0 Å². The molecule has 0 saturated heterocycles. The number of benzene rings is 1. The lowest BCUT2D eigenvalue weighted by atomic mass is 10.1. The second kappa shape index (κ2) is 6.52. The molecule has 118 valence electrons. The van der Waals surface area contributed by atoms with E-state index in [0.29, 0.717) is 6.42 Å². The van der Waals surface area contributed by atoms with E-state index in [4.69, 9.17) is 4.18 Å². The van der Waals surface area contributed by atoms with E-state index in [0.717, 1.165) is 22.3 Å². The van der Waals surface area contributed by atoms with Crippen LogP contribution in [0.15, 0.2) is 71.6 Å². The average molecular weight is 326 g/mol. The summed E-state index contributed by atoms with van der Waals surface area (Å²) in [6.45, 7) is 2.04. The van der Waals surface area contributed by atoms with Crippen molar-refractivity contribution in [2.45, 2.75) is 18.2 Å². The first-order chi connectivity index (χ1) is 11.1. The standard InChI is InChI=1S/C19H18O3S/c1-15-9-11-18(12-10-15)23(20,21)22-14-13-17-6-3-2-5-16-7-4-8-19(16)17/h2-12H,13-14H2,1H3. The van der Waals surface area contributed by atoms with Crippen molar-refractivity contribution in [3.63, 3.8) is 0 Å². The smallest absolute Gasteiger partial charge is 0.266 e. The van der Waals surface area contributed by atoms with Crippen LogP contribution in [-0.2, 0) is 20.7 Å². The maximum Gasteiger partial charge on any atom is 0.296 e. The minimum Gasteiger partial charge on any atom is -0.266 e. The molecule has 0 aromatic heterocycles. The Kier molecular flexibility index (Phi) is 4.46. The SMILES string of the molecule is Cc1ccc(S(=O)(=O)OCCc2ccccc3cccc2-3)cc1. The lowest BCUT2D eigenvalue weighted by molar-refractivity contribution is 0.322. The normalized spacial score (nSPS) is 11.7. The highest BCUT2D eigenvalue weighted by molar-refractivity contribution is 7.86. The molecule has 0 heterocycles. The van der Waals surface area contributed by atoms with Gasteiger partial charge in [-0.1, -0.05) is 60.2 Å². The number of aryl methyl sites for hydroxylation is 1. The predicted molar refractivity (Wildman–Crippen MR) is 91.1 cm³/mol. The maximum atomic E-state index is 12.2. The van der Waals surface area contributed by atoms with Gasteiger partial charge in [-0.2, -0.15) is 8.42 Å². The van der Waals surface area contributed by atoms with Gasteiger partial charge in [-0.25, -0.2) is 0 Å². The Morgan fingerprint density at radius 1 is 0.870 bits per heavy atom. The molecule has 0 amide bonds. The largest absolute Gasteiger partial charge is 0.296 e. The molecule has 0 bridgehead atoms. The number of fused-ring (bicyclic) bond motifs is 1. The van der Waals surface area contributed by atoms with Crippen LogP contribution in [0.2, 0.25) is 0 Å². The van der Waals surface area contributed by atoms with Crippen molar-refractivity contribution < 1.29 is 12.6 Å². The van der Waals surface area contributed by atoms with Crippen LogP contribution in [0.25, 0.3) is 11.1 Å². The molecule has 1 aromatic rings. The molecule has 0 fully saturated rings. The fraction of sp³-hybridized carbons (Fsp3) is 0.158. The summed E-state index contributed by atoms with van der Waals surface area (Å²) in [5, 5.41) is 0. The summed E-state index contributed by atoms with van der Waals surface area (Å²) in [4.78, 5) is 0.195. The van der Waals surface area contributed by atoms with Crippen LogP contribution in [0.4, 0.5) is 0 Å². The van der Waals surface area contributed by atoms with E-state index in [1.54, 1.807) is 24.3 Å². The Balaban J connectivity index is 1.71. The van der Waals surface area contributed by atoms with Gasteiger partial charge in [-0.15, -0.1) is 0 Å². The molecular weight excluding hydrogens is 308 g/mol. The third kappa shape index (κ3) is 3.60. The maximum absolute atomic E-state index is 12.2. The first kappa shape index (κ1) is 15.7. The zero-order chi connectivity index (χ0) is 16.3. The lowest BCUT2D eigenvalue weighted by Crippen LogP contribution is -2.09. The molecule has 3 rings (SSSR count). The fourth-order valence-corrected chi connectivity index (χ4v) is 3.45. The van der Waals surface area contributed by atoms with E-state index in [-0.39, 0.29) is 11.5 Å². The minimum absolute atomic E-state index is 0.125. The van der Waals surface area contributed by atoms with Gasteiger partial charge in [-0.05, 0) is 42.2 Å². The first-order valence-electron chi connectivity index (χ1n) is 7.49. The molecule has 0 aliphatic heterocycles. The molecule has 0 atom stereocenters. The highest BCUT2D eigenvalue weighted by Crippen LogP contribution is 2.26. The Morgan fingerprint density at radius 2 is 1.57 bits per heavy atom. The Hall–Kier alpha value is -2.17. The van der Waals surface area contributed by atoms with Crippen molar-refractivity contribution in [3.05, 3.63) is 77.9 Å². The fourth-order valence-electron chi connectivity index (χ4n) is 2.54. The second-order valence-electron chi connectivity index (χ2n) is 5.48. The monoisotopic (exact) mass is 326 g/mol. The zero-order valence-electron chi connectivity index (χ0n) is 12.9. The molecular formula is C19H18O3S. The summed E-state index contributed by atoms with van der Waals surface area (Å²) in [7, 11) is -3.70. The Bertz CT molecular complexity index is 867. The molecule has 2 aliphatic carbocycles. The molecule has 1 aromatic carbocycles. The van der Waals surface area contributed by atoms with Gasteiger partial charge in [0.15, 0.2) is 0 Å². The van der Waals surface area contributed by atoms with Crippen LogP contribution in [-0.4, -0.2) is 15.0 Å². The Morgan fingerprint density at radius 3 is 2.35 bits per heavy atom. The molecule has 3 nitrogen and oxygen atoms in total. The van der Waals surface area contributed by atoms with E-state index in [9.17, 15) is 8.42 Å². The molecule has 0 radical (unpaired) electrons. The molecule has 4 heteroatoms. The van der Waals surface area contributed by atoms with Gasteiger partial charge in [0.2, 0.25) is 0 Å². The van der Waals surface area contributed by atoms with Gasteiger partial charge in [0.1, 0.15) is 0 Å². The van der Waals surface area contributed by atoms with Gasteiger partial charge in [0.25, 0.3) is 10.1 Å². The third-order valence-corrected chi connectivity index (χ3v) is 5.13. The summed E-state index contributed by atoms with van der Waals surface area (Å²) in [5.41, 5.74) is 4.37. The molecule has 0 spiro atoms. The van der Waals surface area contributed by atoms with Crippen molar-refractivity contribution in [3.8, 4) is 11.1 Å². The van der Waals surface area contributed by atoms with Crippen molar-refractivity contribution in [1.29, 1.82) is 0 Å². The highest BCUT2D eigenvalue weighted by atomic mass is 32.2. The van der Waals surface area contributed by atoms with Gasteiger partial charge in [0.05, 0.1) is 11.5 Å². The van der Waals surface area contributed by atoms with Crippen molar-refractivity contribution in [2.24, 2.45) is 0 Å². The summed E-state index contributed by atoms with van der Waals surface area (Å²) < 4.78 is 29.6. The van der Waals surface area contributed by atoms with Crippen molar-refractivity contribution in [1.82, 2.24) is 0 Å². The average Bonchev–Trinajstić information content (AvgIpc) is 2.90. The summed E-state index contributed by atoms with van der Waals surface area (Å²) in [5.74, 6) is 0. The van der Waals surface area contributed by atoms with E-state index < -0.39 is 10.1 Å². The minimum atomic E-state index is -3.70. The first-order valence-corrected chi connectivity index (χ1v) is 8.90. The van der Waals surface area contributed by atoms with Crippen molar-refractivity contribution in [2.75, 3.05) is 6.61 Å². The van der Waals surface area contributed by atoms with Gasteiger partial charge in [-0.3, -0.25) is 4.18 Å². The summed E-state index contributed by atoms with van der Waals surface area (Å²) in [6.07, 6.45) is 0.542. The Labute approximate surface area is 137 Å². The lowest BCUT2D eigenvalue weighted by Gasteiger charge is -2.07. The highest BCUT2D eigenvalue weighted by Gasteiger charge is 2.15. The van der Waals surface area contributed by atoms with Crippen LogP contribution < -0.4 is 0 Å². The third-order valence-electron chi connectivity index (χ3n) is 3.80. The van der Waals surface area contributed by atoms with Crippen molar-refractivity contribution >= 4 is 10.1 Å². The molecule has 23 heavy (non-hydrogen) atoms. The van der Waals surface area contributed by atoms with E-state index in [1.165, 1.54) is 0 Å². The van der Waals surface area contributed by atoms with Crippen LogP contribution in [0.3, 0.4) is 0 Å². The molecule has 0 unspecified atom stereocenters. The molecule has 0 saturated carbocycles. The van der Waals surface area contributed by atoms with Crippen LogP contribution in [0.5, 0.6) is 0 Å².